The van der Waals surface area contributed by atoms with Gasteiger partial charge in [0, 0.05) is 24.2 Å². The molecule has 1 saturated carbocycles. The quantitative estimate of drug-likeness (QED) is 0.664. The number of nitrogens with zero attached hydrogens (tertiary/aromatic N) is 4. The van der Waals surface area contributed by atoms with Crippen molar-refractivity contribution < 1.29 is 9.32 Å². The minimum Gasteiger partial charge on any atom is -0.336 e. The number of amides is 1. The van der Waals surface area contributed by atoms with Crippen LogP contribution in [-0.4, -0.2) is 27.0 Å². The summed E-state index contributed by atoms with van der Waals surface area (Å²) in [6.45, 7) is 6.31. The van der Waals surface area contributed by atoms with Crippen LogP contribution in [0.1, 0.15) is 65.5 Å². The topological polar surface area (TPSA) is 83.0 Å². The van der Waals surface area contributed by atoms with Gasteiger partial charge in [-0.25, -0.2) is 4.98 Å². The van der Waals surface area contributed by atoms with Crippen LogP contribution < -0.4 is 0 Å². The normalized spacial score (nSPS) is 13.7. The number of nitriles is 1. The lowest BCUT2D eigenvalue weighted by Gasteiger charge is -2.27. The molecule has 142 valence electrons. The minimum absolute atomic E-state index is 0.0101. The first-order valence-corrected chi connectivity index (χ1v) is 9.55. The second-order valence-corrected chi connectivity index (χ2v) is 7.65. The molecule has 2 heterocycles. The first-order chi connectivity index (χ1) is 13.5. The van der Waals surface area contributed by atoms with Gasteiger partial charge < -0.3 is 9.42 Å². The van der Waals surface area contributed by atoms with Crippen molar-refractivity contribution in [3.63, 3.8) is 0 Å². The van der Waals surface area contributed by atoms with Gasteiger partial charge in [-0.3, -0.25) is 4.79 Å². The van der Waals surface area contributed by atoms with Crippen molar-refractivity contribution in [3.8, 4) is 6.07 Å². The van der Waals surface area contributed by atoms with Crippen LogP contribution in [0.4, 0.5) is 0 Å². The predicted molar refractivity (Wildman–Crippen MR) is 105 cm³/mol. The van der Waals surface area contributed by atoms with Crippen molar-refractivity contribution >= 4 is 17.0 Å². The van der Waals surface area contributed by atoms with E-state index in [1.165, 1.54) is 0 Å². The monoisotopic (exact) mass is 374 g/mol. The minimum atomic E-state index is -0.0556. The Kier molecular flexibility index (Phi) is 4.60. The van der Waals surface area contributed by atoms with E-state index in [2.05, 4.69) is 16.2 Å². The second-order valence-electron chi connectivity index (χ2n) is 7.65. The molecule has 6 nitrogen and oxygen atoms in total. The fourth-order valence-electron chi connectivity index (χ4n) is 3.40. The summed E-state index contributed by atoms with van der Waals surface area (Å²) >= 11 is 0. The molecule has 28 heavy (non-hydrogen) atoms. The lowest BCUT2D eigenvalue weighted by Crippen LogP contribution is -2.36. The van der Waals surface area contributed by atoms with Gasteiger partial charge in [0.05, 0.1) is 28.3 Å². The third kappa shape index (κ3) is 3.36. The number of pyridine rings is 1. The van der Waals surface area contributed by atoms with E-state index >= 15 is 0 Å². The van der Waals surface area contributed by atoms with Crippen molar-refractivity contribution in [3.05, 3.63) is 58.4 Å². The highest BCUT2D eigenvalue weighted by molar-refractivity contribution is 6.06. The average molecular weight is 374 g/mol. The molecule has 0 unspecified atom stereocenters. The standard InChI is InChI=1S/C22H22N4O2/c1-13(2)26(12-16-6-4-15(11-23)5-7-16)22(27)18-10-19(17-8-9-17)24-21-20(18)14(3)25-28-21/h4-7,10,13,17H,8-9,12H2,1-3H3. The van der Waals surface area contributed by atoms with E-state index in [0.29, 0.717) is 40.4 Å². The Morgan fingerprint density at radius 2 is 2.04 bits per heavy atom. The van der Waals surface area contributed by atoms with Crippen LogP contribution >= 0.6 is 0 Å². The van der Waals surface area contributed by atoms with E-state index in [0.717, 1.165) is 24.1 Å². The summed E-state index contributed by atoms with van der Waals surface area (Å²) in [5.41, 5.74) is 4.22. The van der Waals surface area contributed by atoms with Gasteiger partial charge in [-0.1, -0.05) is 17.3 Å². The van der Waals surface area contributed by atoms with Gasteiger partial charge in [-0.15, -0.1) is 0 Å². The fourth-order valence-corrected chi connectivity index (χ4v) is 3.40. The molecule has 0 aliphatic heterocycles. The molecule has 0 bridgehead atoms. The maximum absolute atomic E-state index is 13.5. The van der Waals surface area contributed by atoms with E-state index in [1.54, 1.807) is 12.1 Å². The zero-order valence-electron chi connectivity index (χ0n) is 16.3. The highest BCUT2D eigenvalue weighted by Crippen LogP contribution is 2.40. The SMILES string of the molecule is Cc1noc2nc(C3CC3)cc(C(=O)N(Cc3ccc(C#N)cc3)C(C)C)c12. The Balaban J connectivity index is 1.72. The molecule has 1 amide bonds. The fraction of sp³-hybridized carbons (Fsp3) is 0.364. The number of aromatic nitrogens is 2. The molecule has 6 heteroatoms. The van der Waals surface area contributed by atoms with Crippen LogP contribution in [0.5, 0.6) is 0 Å². The summed E-state index contributed by atoms with van der Waals surface area (Å²) in [5.74, 6) is 0.354. The summed E-state index contributed by atoms with van der Waals surface area (Å²) in [7, 11) is 0. The Morgan fingerprint density at radius 1 is 1.32 bits per heavy atom. The average Bonchev–Trinajstić information content (AvgIpc) is 3.48. The van der Waals surface area contributed by atoms with Gasteiger partial charge in [0.25, 0.3) is 11.6 Å². The van der Waals surface area contributed by atoms with Crippen LogP contribution in [0.15, 0.2) is 34.9 Å². The number of carbonyl (C=O) groups excluding carboxylic acids is 1. The largest absolute Gasteiger partial charge is 0.336 e. The molecule has 1 fully saturated rings. The number of benzene rings is 1. The first kappa shape index (κ1) is 18.2. The van der Waals surface area contributed by atoms with Gasteiger partial charge in [-0.05, 0) is 57.4 Å². The Labute approximate surface area is 163 Å². The zero-order chi connectivity index (χ0) is 19.8. The molecule has 0 atom stereocenters. The van der Waals surface area contributed by atoms with Crippen molar-refractivity contribution in [2.45, 2.75) is 52.1 Å². The smallest absolute Gasteiger partial charge is 0.259 e. The van der Waals surface area contributed by atoms with E-state index in [4.69, 9.17) is 9.78 Å². The molecule has 3 aromatic rings. The van der Waals surface area contributed by atoms with Crippen LogP contribution in [0, 0.1) is 18.3 Å². The molecule has 0 saturated heterocycles. The van der Waals surface area contributed by atoms with Crippen LogP contribution in [0.25, 0.3) is 11.1 Å². The second kappa shape index (κ2) is 7.08. The number of carbonyl (C=O) groups is 1. The van der Waals surface area contributed by atoms with E-state index in [1.807, 2.05) is 43.9 Å². The van der Waals surface area contributed by atoms with Gasteiger partial charge in [0.15, 0.2) is 0 Å². The highest BCUT2D eigenvalue weighted by Gasteiger charge is 2.30. The third-order valence-corrected chi connectivity index (χ3v) is 5.18. The maximum atomic E-state index is 13.5. The van der Waals surface area contributed by atoms with E-state index in [9.17, 15) is 4.79 Å². The number of fused-ring (bicyclic) bond motifs is 1. The maximum Gasteiger partial charge on any atom is 0.259 e. The van der Waals surface area contributed by atoms with Crippen molar-refractivity contribution in [2.24, 2.45) is 0 Å². The molecule has 2 aromatic heterocycles. The predicted octanol–water partition coefficient (Wildman–Crippen LogP) is 4.33. The number of hydrogen-bond donors (Lipinski definition) is 0. The van der Waals surface area contributed by atoms with Gasteiger partial charge in [-0.2, -0.15) is 5.26 Å². The summed E-state index contributed by atoms with van der Waals surface area (Å²) in [6.07, 6.45) is 2.19. The lowest BCUT2D eigenvalue weighted by atomic mass is 10.0. The molecule has 1 aromatic carbocycles. The zero-order valence-corrected chi connectivity index (χ0v) is 16.3. The van der Waals surface area contributed by atoms with Gasteiger partial charge in [0.2, 0.25) is 0 Å². The van der Waals surface area contributed by atoms with Crippen LogP contribution in [0.2, 0.25) is 0 Å². The number of rotatable bonds is 5. The van der Waals surface area contributed by atoms with Gasteiger partial charge >= 0.3 is 0 Å². The molecule has 4 rings (SSSR count). The Bertz CT molecular complexity index is 1070. The third-order valence-electron chi connectivity index (χ3n) is 5.18. The van der Waals surface area contributed by atoms with Crippen molar-refractivity contribution in [1.82, 2.24) is 15.0 Å². The van der Waals surface area contributed by atoms with E-state index in [-0.39, 0.29) is 11.9 Å². The summed E-state index contributed by atoms with van der Waals surface area (Å²) in [6, 6.07) is 11.4. The molecular formula is C22H22N4O2. The number of aryl methyl sites for hydroxylation is 1. The molecule has 0 N–H and O–H groups in total. The van der Waals surface area contributed by atoms with Crippen molar-refractivity contribution in [1.29, 1.82) is 5.26 Å². The summed E-state index contributed by atoms with van der Waals surface area (Å²) in [5, 5.41) is 13.7. The number of hydrogen-bond acceptors (Lipinski definition) is 5. The van der Waals surface area contributed by atoms with Gasteiger partial charge in [0.1, 0.15) is 0 Å². The Hall–Kier alpha value is -3.20. The highest BCUT2D eigenvalue weighted by atomic mass is 16.5. The summed E-state index contributed by atoms with van der Waals surface area (Å²) in [4.78, 5) is 20.0. The summed E-state index contributed by atoms with van der Waals surface area (Å²) < 4.78 is 5.38. The lowest BCUT2D eigenvalue weighted by molar-refractivity contribution is 0.0692. The molecule has 1 aliphatic carbocycles. The van der Waals surface area contributed by atoms with Crippen molar-refractivity contribution in [2.75, 3.05) is 0 Å². The first-order valence-electron chi connectivity index (χ1n) is 9.55. The van der Waals surface area contributed by atoms with Crippen LogP contribution in [0.3, 0.4) is 0 Å². The van der Waals surface area contributed by atoms with Crippen LogP contribution in [-0.2, 0) is 6.54 Å². The van der Waals surface area contributed by atoms with E-state index < -0.39 is 0 Å². The molecule has 0 radical (unpaired) electrons. The molecular weight excluding hydrogens is 352 g/mol. The molecule has 0 spiro atoms. The Morgan fingerprint density at radius 3 is 2.64 bits per heavy atom. The molecule has 1 aliphatic rings.